The van der Waals surface area contributed by atoms with Gasteiger partial charge in [0, 0.05) is 34.8 Å². The van der Waals surface area contributed by atoms with Gasteiger partial charge in [-0.3, -0.25) is 14.9 Å². The quantitative estimate of drug-likeness (QED) is 0.489. The van der Waals surface area contributed by atoms with Crippen molar-refractivity contribution in [3.63, 3.8) is 0 Å². The number of nitro groups is 1. The molecular formula is C19H15BrN4O4. The second kappa shape index (κ2) is 7.43. The number of ether oxygens (including phenoxy) is 1. The second-order valence-electron chi connectivity index (χ2n) is 6.26. The maximum Gasteiger partial charge on any atom is 0.272 e. The van der Waals surface area contributed by atoms with E-state index in [-0.39, 0.29) is 23.3 Å². The molecule has 8 nitrogen and oxygen atoms in total. The maximum absolute atomic E-state index is 12.7. The van der Waals surface area contributed by atoms with E-state index >= 15 is 0 Å². The third-order valence-corrected chi connectivity index (χ3v) is 4.96. The predicted molar refractivity (Wildman–Crippen MR) is 105 cm³/mol. The first kappa shape index (κ1) is 18.2. The lowest BCUT2D eigenvalue weighted by atomic mass is 10.0. The molecule has 3 aromatic rings. The molecule has 1 amide bonds. The Balaban J connectivity index is 1.51. The number of hydrogen-bond acceptors (Lipinski definition) is 5. The maximum atomic E-state index is 12.7. The van der Waals surface area contributed by atoms with Crippen LogP contribution < -0.4 is 10.1 Å². The molecule has 4 rings (SSSR count). The highest BCUT2D eigenvalue weighted by Gasteiger charge is 2.24. The molecule has 1 N–H and O–H groups in total. The van der Waals surface area contributed by atoms with E-state index in [0.717, 1.165) is 15.8 Å². The molecule has 1 aromatic heterocycles. The van der Waals surface area contributed by atoms with Crippen molar-refractivity contribution in [1.29, 1.82) is 0 Å². The van der Waals surface area contributed by atoms with Gasteiger partial charge in [-0.25, -0.2) is 4.68 Å². The minimum atomic E-state index is -0.462. The summed E-state index contributed by atoms with van der Waals surface area (Å²) in [4.78, 5) is 23.0. The van der Waals surface area contributed by atoms with Crippen molar-refractivity contribution in [2.45, 2.75) is 12.5 Å². The molecule has 0 spiro atoms. The van der Waals surface area contributed by atoms with Gasteiger partial charge in [-0.05, 0) is 36.4 Å². The van der Waals surface area contributed by atoms with Gasteiger partial charge in [-0.1, -0.05) is 15.9 Å². The number of non-ortho nitro benzene ring substituents is 1. The molecule has 0 saturated carbocycles. The summed E-state index contributed by atoms with van der Waals surface area (Å²) in [7, 11) is 0. The molecule has 2 aromatic carbocycles. The van der Waals surface area contributed by atoms with Gasteiger partial charge in [0.1, 0.15) is 5.75 Å². The molecule has 0 saturated heterocycles. The standard InChI is InChI=1S/C19H15BrN4O4/c20-12-1-6-18-15(11-12)16(8-10-28-18)21-19(25)17-7-9-23(22-17)13-2-4-14(5-3-13)24(26)27/h1-7,9,11,16H,8,10H2,(H,21,25). The lowest BCUT2D eigenvalue weighted by Crippen LogP contribution is -2.32. The van der Waals surface area contributed by atoms with Crippen molar-refractivity contribution in [1.82, 2.24) is 15.1 Å². The van der Waals surface area contributed by atoms with Crippen molar-refractivity contribution in [2.24, 2.45) is 0 Å². The number of aromatic nitrogens is 2. The number of benzene rings is 2. The molecule has 0 bridgehead atoms. The van der Waals surface area contributed by atoms with Crippen molar-refractivity contribution < 1.29 is 14.5 Å². The Kier molecular flexibility index (Phi) is 4.82. The second-order valence-corrected chi connectivity index (χ2v) is 7.18. The number of carbonyl (C=O) groups excluding carboxylic acids is 1. The topological polar surface area (TPSA) is 99.3 Å². The molecule has 142 valence electrons. The number of rotatable bonds is 4. The Labute approximate surface area is 168 Å². The summed E-state index contributed by atoms with van der Waals surface area (Å²) < 4.78 is 8.07. The molecule has 0 fully saturated rings. The Morgan fingerprint density at radius 2 is 2.04 bits per heavy atom. The van der Waals surface area contributed by atoms with E-state index in [2.05, 4.69) is 26.3 Å². The molecule has 28 heavy (non-hydrogen) atoms. The highest BCUT2D eigenvalue weighted by atomic mass is 79.9. The van der Waals surface area contributed by atoms with Crippen LogP contribution in [-0.4, -0.2) is 27.2 Å². The number of fused-ring (bicyclic) bond motifs is 1. The summed E-state index contributed by atoms with van der Waals surface area (Å²) >= 11 is 3.45. The van der Waals surface area contributed by atoms with E-state index in [1.807, 2.05) is 18.2 Å². The Hall–Kier alpha value is -3.20. The van der Waals surface area contributed by atoms with Crippen LogP contribution in [0.2, 0.25) is 0 Å². The van der Waals surface area contributed by atoms with Gasteiger partial charge in [-0.2, -0.15) is 5.10 Å². The zero-order valence-electron chi connectivity index (χ0n) is 14.5. The first-order valence-corrected chi connectivity index (χ1v) is 9.34. The van der Waals surface area contributed by atoms with Crippen LogP contribution in [0.5, 0.6) is 5.75 Å². The molecule has 0 radical (unpaired) electrons. The lowest BCUT2D eigenvalue weighted by molar-refractivity contribution is -0.384. The largest absolute Gasteiger partial charge is 0.493 e. The van der Waals surface area contributed by atoms with Gasteiger partial charge in [0.15, 0.2) is 5.69 Å². The van der Waals surface area contributed by atoms with Gasteiger partial charge in [0.2, 0.25) is 0 Å². The van der Waals surface area contributed by atoms with Crippen LogP contribution >= 0.6 is 15.9 Å². The molecular weight excluding hydrogens is 428 g/mol. The molecule has 0 aliphatic carbocycles. The highest BCUT2D eigenvalue weighted by Crippen LogP contribution is 2.34. The van der Waals surface area contributed by atoms with E-state index in [9.17, 15) is 14.9 Å². The molecule has 1 aliphatic heterocycles. The number of halogens is 1. The molecule has 1 unspecified atom stereocenters. The summed E-state index contributed by atoms with van der Waals surface area (Å²) in [5, 5.41) is 18.0. The summed E-state index contributed by atoms with van der Waals surface area (Å²) in [5.74, 6) is 0.467. The summed E-state index contributed by atoms with van der Waals surface area (Å²) in [6.45, 7) is 0.525. The minimum absolute atomic E-state index is 0.00165. The summed E-state index contributed by atoms with van der Waals surface area (Å²) in [6, 6.07) is 13.1. The van der Waals surface area contributed by atoms with E-state index in [1.165, 1.54) is 16.8 Å². The molecule has 1 aliphatic rings. The van der Waals surface area contributed by atoms with Crippen LogP contribution in [0.3, 0.4) is 0 Å². The summed E-state index contributed by atoms with van der Waals surface area (Å²) in [5.41, 5.74) is 1.81. The fraction of sp³-hybridized carbons (Fsp3) is 0.158. The van der Waals surface area contributed by atoms with Gasteiger partial charge >= 0.3 is 0 Å². The lowest BCUT2D eigenvalue weighted by Gasteiger charge is -2.26. The fourth-order valence-electron chi connectivity index (χ4n) is 3.06. The van der Waals surface area contributed by atoms with Gasteiger partial charge in [0.05, 0.1) is 23.3 Å². The zero-order chi connectivity index (χ0) is 19.7. The number of amides is 1. The number of nitro benzene ring substituents is 1. The third-order valence-electron chi connectivity index (χ3n) is 4.46. The number of hydrogen-bond donors (Lipinski definition) is 1. The van der Waals surface area contributed by atoms with E-state index in [1.54, 1.807) is 24.4 Å². The van der Waals surface area contributed by atoms with Crippen LogP contribution in [0.25, 0.3) is 5.69 Å². The van der Waals surface area contributed by atoms with Crippen molar-refractivity contribution >= 4 is 27.5 Å². The van der Waals surface area contributed by atoms with E-state index in [0.29, 0.717) is 18.7 Å². The van der Waals surface area contributed by atoms with Crippen LogP contribution in [0.1, 0.15) is 28.5 Å². The van der Waals surface area contributed by atoms with Gasteiger partial charge in [-0.15, -0.1) is 0 Å². The van der Waals surface area contributed by atoms with E-state index in [4.69, 9.17) is 4.74 Å². The molecule has 1 atom stereocenters. The number of carbonyl (C=O) groups is 1. The Morgan fingerprint density at radius 1 is 1.25 bits per heavy atom. The summed E-state index contributed by atoms with van der Waals surface area (Å²) in [6.07, 6.45) is 2.31. The Bertz CT molecular complexity index is 1050. The SMILES string of the molecule is O=C(NC1CCOc2ccc(Br)cc21)c1ccn(-c2ccc([N+](=O)[O-])cc2)n1. The Morgan fingerprint density at radius 3 is 2.79 bits per heavy atom. The average molecular weight is 443 g/mol. The van der Waals surface area contributed by atoms with Crippen molar-refractivity contribution in [3.8, 4) is 11.4 Å². The number of nitrogens with zero attached hydrogens (tertiary/aromatic N) is 3. The minimum Gasteiger partial charge on any atom is -0.493 e. The van der Waals surface area contributed by atoms with Crippen LogP contribution in [0.4, 0.5) is 5.69 Å². The fourth-order valence-corrected chi connectivity index (χ4v) is 3.44. The zero-order valence-corrected chi connectivity index (χ0v) is 16.1. The average Bonchev–Trinajstić information content (AvgIpc) is 3.19. The predicted octanol–water partition coefficient (Wildman–Crippen LogP) is 3.80. The first-order chi connectivity index (χ1) is 13.5. The highest BCUT2D eigenvalue weighted by molar-refractivity contribution is 9.10. The van der Waals surface area contributed by atoms with Crippen LogP contribution in [-0.2, 0) is 0 Å². The molecule has 9 heteroatoms. The third kappa shape index (κ3) is 3.61. The van der Waals surface area contributed by atoms with Crippen molar-refractivity contribution in [2.75, 3.05) is 6.61 Å². The monoisotopic (exact) mass is 442 g/mol. The van der Waals surface area contributed by atoms with Gasteiger partial charge < -0.3 is 10.1 Å². The number of nitrogens with one attached hydrogen (secondary N) is 1. The van der Waals surface area contributed by atoms with Crippen molar-refractivity contribution in [3.05, 3.63) is 80.6 Å². The van der Waals surface area contributed by atoms with Gasteiger partial charge in [0.25, 0.3) is 11.6 Å². The first-order valence-electron chi connectivity index (χ1n) is 8.55. The van der Waals surface area contributed by atoms with Crippen LogP contribution in [0, 0.1) is 10.1 Å². The smallest absolute Gasteiger partial charge is 0.272 e. The normalized spacial score (nSPS) is 15.4. The van der Waals surface area contributed by atoms with E-state index < -0.39 is 4.92 Å². The molecule has 2 heterocycles. The van der Waals surface area contributed by atoms with Crippen LogP contribution in [0.15, 0.2) is 59.2 Å².